The van der Waals surface area contributed by atoms with E-state index in [4.69, 9.17) is 14.0 Å². The quantitative estimate of drug-likeness (QED) is 0.106. The summed E-state index contributed by atoms with van der Waals surface area (Å²) in [5.74, 6) is -0.552. The molecule has 1 aliphatic heterocycles. The van der Waals surface area contributed by atoms with Crippen LogP contribution in [0.1, 0.15) is 26.7 Å². The van der Waals surface area contributed by atoms with Crippen LogP contribution in [0, 0.1) is 0 Å². The number of para-hydroxylation sites is 1. The van der Waals surface area contributed by atoms with Crippen LogP contribution in [-0.2, 0) is 23.4 Å². The highest BCUT2D eigenvalue weighted by Crippen LogP contribution is 2.31. The standard InChI is InChI=1S/C17H21N3O6S/c1-17(2)20(12(11-24-17)9-10-14(21)23-3)16(22)15(19-18)27-26-25-13-7-5-4-6-8-13/h4-8,12H,9-11H2,1-3H3. The van der Waals surface area contributed by atoms with Crippen molar-refractivity contribution < 1.29 is 33.1 Å². The maximum absolute atomic E-state index is 12.8. The number of hydrogen-bond donors (Lipinski definition) is 0. The summed E-state index contributed by atoms with van der Waals surface area (Å²) in [6, 6.07) is 8.28. The van der Waals surface area contributed by atoms with E-state index < -0.39 is 11.6 Å². The third-order valence-corrected chi connectivity index (χ3v) is 4.51. The van der Waals surface area contributed by atoms with Crippen LogP contribution in [0.25, 0.3) is 5.53 Å². The van der Waals surface area contributed by atoms with Crippen LogP contribution in [0.15, 0.2) is 30.3 Å². The second-order valence-electron chi connectivity index (χ2n) is 6.15. The van der Waals surface area contributed by atoms with E-state index in [1.807, 2.05) is 6.07 Å². The van der Waals surface area contributed by atoms with Gasteiger partial charge in [0.1, 0.15) is 5.72 Å². The number of esters is 1. The number of amides is 1. The van der Waals surface area contributed by atoms with Crippen LogP contribution in [0.4, 0.5) is 0 Å². The molecule has 0 bridgehead atoms. The summed E-state index contributed by atoms with van der Waals surface area (Å²) < 4.78 is 15.2. The number of benzene rings is 1. The summed E-state index contributed by atoms with van der Waals surface area (Å²) >= 11 is 0.482. The minimum absolute atomic E-state index is 0.136. The Morgan fingerprint density at radius 2 is 2.07 bits per heavy atom. The summed E-state index contributed by atoms with van der Waals surface area (Å²) in [7, 11) is 1.30. The van der Waals surface area contributed by atoms with E-state index >= 15 is 0 Å². The van der Waals surface area contributed by atoms with Gasteiger partial charge in [-0.2, -0.15) is 4.79 Å². The van der Waals surface area contributed by atoms with Crippen molar-refractivity contribution in [1.82, 2.24) is 4.90 Å². The van der Waals surface area contributed by atoms with Gasteiger partial charge in [0.15, 0.2) is 17.8 Å². The molecule has 1 unspecified atom stereocenters. The molecule has 10 heteroatoms. The highest BCUT2D eigenvalue weighted by atomic mass is 32.2. The van der Waals surface area contributed by atoms with Crippen LogP contribution in [0.5, 0.6) is 5.75 Å². The Bertz CT molecular complexity index is 721. The summed E-state index contributed by atoms with van der Waals surface area (Å²) in [4.78, 5) is 33.7. The smallest absolute Gasteiger partial charge is 0.444 e. The van der Waals surface area contributed by atoms with E-state index in [-0.39, 0.29) is 30.1 Å². The SMILES string of the molecule is COC(=O)CCC1COC(C)(C)N1C(=O)C(=[N+]=[N-])SOOc1ccccc1. The fraction of sp³-hybridized carbons (Fsp3) is 0.471. The minimum Gasteiger partial charge on any atom is -0.469 e. The van der Waals surface area contributed by atoms with Gasteiger partial charge in [0.05, 0.1) is 19.8 Å². The van der Waals surface area contributed by atoms with Gasteiger partial charge < -0.3 is 19.9 Å². The third-order valence-electron chi connectivity index (χ3n) is 3.96. The maximum Gasteiger partial charge on any atom is 0.444 e. The predicted octanol–water partition coefficient (Wildman–Crippen LogP) is 2.19. The number of rotatable bonds is 6. The number of hydrogen-bond acceptors (Lipinski definition) is 7. The molecular formula is C17H21N3O6S. The van der Waals surface area contributed by atoms with Crippen LogP contribution in [-0.4, -0.2) is 52.1 Å². The van der Waals surface area contributed by atoms with Crippen molar-refractivity contribution in [2.45, 2.75) is 38.5 Å². The van der Waals surface area contributed by atoms with E-state index in [1.165, 1.54) is 12.0 Å². The largest absolute Gasteiger partial charge is 0.469 e. The van der Waals surface area contributed by atoms with Crippen LogP contribution in [0.2, 0.25) is 0 Å². The molecular weight excluding hydrogens is 374 g/mol. The average Bonchev–Trinajstić information content (AvgIpc) is 2.97. The molecule has 9 nitrogen and oxygen atoms in total. The molecule has 1 fully saturated rings. The highest BCUT2D eigenvalue weighted by molar-refractivity contribution is 8.11. The Balaban J connectivity index is 2.01. The molecule has 0 aliphatic carbocycles. The molecule has 27 heavy (non-hydrogen) atoms. The normalized spacial score (nSPS) is 17.9. The van der Waals surface area contributed by atoms with Gasteiger partial charge in [-0.05, 0) is 32.4 Å². The van der Waals surface area contributed by atoms with Gasteiger partial charge in [-0.25, -0.2) is 0 Å². The molecule has 1 saturated heterocycles. The second-order valence-corrected chi connectivity index (χ2v) is 6.84. The van der Waals surface area contributed by atoms with Crippen LogP contribution in [0.3, 0.4) is 0 Å². The van der Waals surface area contributed by atoms with E-state index in [9.17, 15) is 15.1 Å². The van der Waals surface area contributed by atoms with Gasteiger partial charge in [-0.15, -0.1) is 4.33 Å². The summed E-state index contributed by atoms with van der Waals surface area (Å²) in [6.45, 7) is 3.68. The molecule has 1 amide bonds. The lowest BCUT2D eigenvalue weighted by atomic mass is 10.1. The van der Waals surface area contributed by atoms with E-state index in [1.54, 1.807) is 38.1 Å². The van der Waals surface area contributed by atoms with Gasteiger partial charge in [0, 0.05) is 6.42 Å². The molecule has 0 radical (unpaired) electrons. The lowest BCUT2D eigenvalue weighted by Gasteiger charge is -2.31. The van der Waals surface area contributed by atoms with Gasteiger partial charge in [-0.3, -0.25) is 14.5 Å². The number of carbonyl (C=O) groups excluding carboxylic acids is 2. The number of nitrogens with zero attached hydrogens (tertiary/aromatic N) is 3. The van der Waals surface area contributed by atoms with Gasteiger partial charge >= 0.3 is 16.9 Å². The summed E-state index contributed by atoms with van der Waals surface area (Å²) in [5.41, 5.74) is 8.30. The molecule has 1 aromatic rings. The maximum atomic E-state index is 12.8. The number of ether oxygens (including phenoxy) is 2. The second kappa shape index (κ2) is 9.52. The molecule has 0 aromatic heterocycles. The lowest BCUT2D eigenvalue weighted by Crippen LogP contribution is -2.50. The fourth-order valence-electron chi connectivity index (χ4n) is 2.66. The van der Waals surface area contributed by atoms with Gasteiger partial charge in [-0.1, -0.05) is 18.2 Å². The molecule has 2 rings (SSSR count). The lowest BCUT2D eigenvalue weighted by molar-refractivity contribution is -0.145. The molecule has 1 heterocycles. The molecule has 0 spiro atoms. The van der Waals surface area contributed by atoms with Crippen molar-refractivity contribution >= 4 is 29.0 Å². The fourth-order valence-corrected chi connectivity index (χ4v) is 3.04. The zero-order valence-corrected chi connectivity index (χ0v) is 16.1. The van der Waals surface area contributed by atoms with Crippen molar-refractivity contribution in [3.05, 3.63) is 35.9 Å². The van der Waals surface area contributed by atoms with Crippen molar-refractivity contribution in [2.24, 2.45) is 0 Å². The summed E-state index contributed by atoms with van der Waals surface area (Å²) in [6.07, 6.45) is 0.489. The van der Waals surface area contributed by atoms with Crippen molar-refractivity contribution in [3.63, 3.8) is 0 Å². The van der Waals surface area contributed by atoms with Crippen molar-refractivity contribution in [1.29, 1.82) is 0 Å². The van der Waals surface area contributed by atoms with Crippen molar-refractivity contribution in [2.75, 3.05) is 13.7 Å². The molecule has 146 valence electrons. The van der Waals surface area contributed by atoms with E-state index in [0.717, 1.165) is 0 Å². The van der Waals surface area contributed by atoms with Crippen LogP contribution < -0.4 is 4.89 Å². The Morgan fingerprint density at radius 1 is 1.37 bits per heavy atom. The Kier molecular flexibility index (Phi) is 7.37. The number of carbonyl (C=O) groups is 2. The molecule has 1 aliphatic rings. The molecule has 0 N–H and O–H groups in total. The minimum atomic E-state index is -0.936. The monoisotopic (exact) mass is 395 g/mol. The Hall–Kier alpha value is -2.39. The van der Waals surface area contributed by atoms with Gasteiger partial charge in [0.2, 0.25) is 0 Å². The molecule has 1 aromatic carbocycles. The molecule has 1 atom stereocenters. The Labute approximate surface area is 161 Å². The van der Waals surface area contributed by atoms with E-state index in [2.05, 4.69) is 9.53 Å². The van der Waals surface area contributed by atoms with Gasteiger partial charge in [0.25, 0.3) is 0 Å². The van der Waals surface area contributed by atoms with Crippen molar-refractivity contribution in [3.8, 4) is 5.75 Å². The first kappa shape index (κ1) is 20.9. The first-order valence-electron chi connectivity index (χ1n) is 8.21. The first-order valence-corrected chi connectivity index (χ1v) is 8.96. The predicted molar refractivity (Wildman–Crippen MR) is 96.3 cm³/mol. The third kappa shape index (κ3) is 5.54. The average molecular weight is 395 g/mol. The zero-order chi connectivity index (χ0) is 19.9. The summed E-state index contributed by atoms with van der Waals surface area (Å²) in [5, 5.41) is -0.326. The van der Waals surface area contributed by atoms with E-state index in [0.29, 0.717) is 24.2 Å². The Morgan fingerprint density at radius 3 is 2.70 bits per heavy atom. The first-order chi connectivity index (χ1) is 12.9. The van der Waals surface area contributed by atoms with Crippen LogP contribution >= 0.6 is 12.0 Å². The number of methoxy groups -OCH3 is 1. The topological polar surface area (TPSA) is 111 Å². The zero-order valence-electron chi connectivity index (χ0n) is 15.3. The molecule has 0 saturated carbocycles. The highest BCUT2D eigenvalue weighted by Gasteiger charge is 2.47.